The highest BCUT2D eigenvalue weighted by atomic mass is 16.5. The van der Waals surface area contributed by atoms with E-state index in [2.05, 4.69) is 20.9 Å². The smallest absolute Gasteiger partial charge is 0.317 e. The Balaban J connectivity index is 1.60. The molecule has 1 fully saturated rings. The first kappa shape index (κ1) is 16.6. The molecule has 0 bridgehead atoms. The zero-order chi connectivity index (χ0) is 15.8. The van der Waals surface area contributed by atoms with Gasteiger partial charge in [-0.1, -0.05) is 12.1 Å². The lowest BCUT2D eigenvalue weighted by Crippen LogP contribution is -2.47. The Labute approximate surface area is 132 Å². The van der Waals surface area contributed by atoms with Crippen molar-refractivity contribution in [2.24, 2.45) is 0 Å². The van der Waals surface area contributed by atoms with Crippen LogP contribution in [0.4, 0.5) is 4.79 Å². The number of urea groups is 1. The van der Waals surface area contributed by atoms with Gasteiger partial charge in [0.2, 0.25) is 0 Å². The molecule has 0 radical (unpaired) electrons. The summed E-state index contributed by atoms with van der Waals surface area (Å²) < 4.78 is 5.59. The van der Waals surface area contributed by atoms with Gasteiger partial charge in [-0.3, -0.25) is 4.90 Å². The second-order valence-corrected chi connectivity index (χ2v) is 5.51. The first-order chi connectivity index (χ1) is 10.7. The third-order valence-electron chi connectivity index (χ3n) is 3.94. The summed E-state index contributed by atoms with van der Waals surface area (Å²) in [5, 5.41) is 8.87. The van der Waals surface area contributed by atoms with Gasteiger partial charge in [-0.2, -0.15) is 0 Å². The second-order valence-electron chi connectivity index (χ2n) is 5.51. The first-order valence-corrected chi connectivity index (χ1v) is 7.80. The van der Waals surface area contributed by atoms with Crippen molar-refractivity contribution in [3.63, 3.8) is 0 Å². The van der Waals surface area contributed by atoms with Gasteiger partial charge in [0.05, 0.1) is 0 Å². The van der Waals surface area contributed by atoms with Crippen LogP contribution in [0.25, 0.3) is 0 Å². The maximum absolute atomic E-state index is 11.7. The van der Waals surface area contributed by atoms with Crippen LogP contribution in [-0.4, -0.2) is 56.9 Å². The highest BCUT2D eigenvalue weighted by molar-refractivity contribution is 5.73. The van der Waals surface area contributed by atoms with Gasteiger partial charge in [0.1, 0.15) is 5.75 Å². The number of aryl methyl sites for hydroxylation is 1. The molecule has 0 unspecified atom stereocenters. The summed E-state index contributed by atoms with van der Waals surface area (Å²) in [6.45, 7) is 9.88. The molecule has 0 saturated carbocycles. The molecule has 22 heavy (non-hydrogen) atoms. The molecule has 0 spiro atoms. The van der Waals surface area contributed by atoms with Crippen LogP contribution < -0.4 is 20.7 Å². The van der Waals surface area contributed by atoms with E-state index >= 15 is 0 Å². The topological polar surface area (TPSA) is 65.6 Å². The van der Waals surface area contributed by atoms with Crippen molar-refractivity contribution in [2.45, 2.75) is 13.8 Å². The zero-order valence-corrected chi connectivity index (χ0v) is 13.4. The van der Waals surface area contributed by atoms with Crippen LogP contribution in [-0.2, 0) is 0 Å². The van der Waals surface area contributed by atoms with Crippen molar-refractivity contribution >= 4 is 6.03 Å². The number of nitrogens with one attached hydrogen (secondary N) is 3. The highest BCUT2D eigenvalue weighted by Crippen LogP contribution is 2.19. The summed E-state index contributed by atoms with van der Waals surface area (Å²) in [5.41, 5.74) is 2.28. The summed E-state index contributed by atoms with van der Waals surface area (Å²) in [4.78, 5) is 14.0. The molecule has 1 aromatic rings. The van der Waals surface area contributed by atoms with E-state index < -0.39 is 0 Å². The minimum Gasteiger partial charge on any atom is -0.473 e. The van der Waals surface area contributed by atoms with E-state index in [1.807, 2.05) is 32.0 Å². The molecule has 2 rings (SSSR count). The van der Waals surface area contributed by atoms with E-state index in [0.717, 1.165) is 44.0 Å². The van der Waals surface area contributed by atoms with Crippen molar-refractivity contribution in [1.82, 2.24) is 20.9 Å². The van der Waals surface area contributed by atoms with Crippen molar-refractivity contribution in [3.8, 4) is 5.75 Å². The number of carbonyl (C=O) groups excluding carboxylic acids is 1. The predicted octanol–water partition coefficient (Wildman–Crippen LogP) is 0.844. The lowest BCUT2D eigenvalue weighted by molar-refractivity contribution is 0.216. The molecular formula is C16H26N4O2. The van der Waals surface area contributed by atoms with Crippen molar-refractivity contribution in [2.75, 3.05) is 46.0 Å². The Bertz CT molecular complexity index is 487. The third kappa shape index (κ3) is 5.20. The van der Waals surface area contributed by atoms with Gasteiger partial charge in [0, 0.05) is 39.3 Å². The largest absolute Gasteiger partial charge is 0.473 e. The molecule has 6 heteroatoms. The van der Waals surface area contributed by atoms with Gasteiger partial charge in [0.25, 0.3) is 0 Å². The number of piperazine rings is 1. The number of amides is 2. The van der Waals surface area contributed by atoms with Gasteiger partial charge in [-0.15, -0.1) is 0 Å². The van der Waals surface area contributed by atoms with E-state index in [0.29, 0.717) is 6.54 Å². The predicted molar refractivity (Wildman–Crippen MR) is 87.3 cm³/mol. The Hall–Kier alpha value is -1.79. The van der Waals surface area contributed by atoms with E-state index in [9.17, 15) is 4.79 Å². The molecule has 1 aromatic carbocycles. The number of hydrogen-bond acceptors (Lipinski definition) is 4. The second kappa shape index (κ2) is 8.60. The number of carbonyl (C=O) groups is 1. The van der Waals surface area contributed by atoms with Gasteiger partial charge >= 0.3 is 6.03 Å². The first-order valence-electron chi connectivity index (χ1n) is 7.80. The number of nitrogens with zero attached hydrogens (tertiary/aromatic N) is 1. The molecule has 1 aliphatic heterocycles. The summed E-state index contributed by atoms with van der Waals surface area (Å²) in [7, 11) is 0. The van der Waals surface area contributed by atoms with Gasteiger partial charge in [0.15, 0.2) is 6.73 Å². The average Bonchev–Trinajstić information content (AvgIpc) is 2.52. The van der Waals surface area contributed by atoms with E-state index in [4.69, 9.17) is 4.74 Å². The quantitative estimate of drug-likeness (QED) is 0.682. The van der Waals surface area contributed by atoms with Crippen LogP contribution in [0, 0.1) is 13.8 Å². The normalized spacial score (nSPS) is 15.4. The molecule has 1 heterocycles. The molecule has 1 aliphatic rings. The van der Waals surface area contributed by atoms with Crippen LogP contribution in [0.15, 0.2) is 18.2 Å². The van der Waals surface area contributed by atoms with E-state index in [-0.39, 0.29) is 12.8 Å². The van der Waals surface area contributed by atoms with Crippen molar-refractivity contribution in [3.05, 3.63) is 29.3 Å². The van der Waals surface area contributed by atoms with Gasteiger partial charge in [-0.25, -0.2) is 4.79 Å². The van der Waals surface area contributed by atoms with Gasteiger partial charge in [-0.05, 0) is 31.0 Å². The maximum Gasteiger partial charge on any atom is 0.317 e. The number of benzene rings is 1. The van der Waals surface area contributed by atoms with Crippen LogP contribution in [0.1, 0.15) is 11.1 Å². The van der Waals surface area contributed by atoms with Gasteiger partial charge < -0.3 is 20.7 Å². The summed E-state index contributed by atoms with van der Waals surface area (Å²) in [5.74, 6) is 0.807. The average molecular weight is 306 g/mol. The number of ether oxygens (including phenoxy) is 1. The van der Waals surface area contributed by atoms with Crippen LogP contribution in [0.5, 0.6) is 5.75 Å². The molecular weight excluding hydrogens is 280 g/mol. The highest BCUT2D eigenvalue weighted by Gasteiger charge is 2.09. The number of hydrogen-bond donors (Lipinski definition) is 3. The van der Waals surface area contributed by atoms with Crippen LogP contribution in [0.3, 0.4) is 0 Å². The molecule has 2 amide bonds. The number of rotatable bonds is 6. The zero-order valence-electron chi connectivity index (χ0n) is 13.4. The molecule has 1 saturated heterocycles. The molecule has 6 nitrogen and oxygen atoms in total. The van der Waals surface area contributed by atoms with Crippen molar-refractivity contribution in [1.29, 1.82) is 0 Å². The summed E-state index contributed by atoms with van der Waals surface area (Å²) in [6, 6.07) is 5.70. The fourth-order valence-electron chi connectivity index (χ4n) is 2.38. The molecule has 0 aromatic heterocycles. The lowest BCUT2D eigenvalue weighted by atomic mass is 10.1. The molecule has 122 valence electrons. The Morgan fingerprint density at radius 3 is 2.82 bits per heavy atom. The standard InChI is InChI=1S/C16H26N4O2/c1-13-4-3-5-15(14(13)2)22-12-19-16(21)18-8-11-20-9-6-17-7-10-20/h3-5,17H,6-12H2,1-2H3,(H2,18,19,21). The Morgan fingerprint density at radius 1 is 1.27 bits per heavy atom. The molecule has 0 aliphatic carbocycles. The SMILES string of the molecule is Cc1cccc(OCNC(=O)NCCN2CCNCC2)c1C. The Kier molecular flexibility index (Phi) is 6.48. The molecule has 3 N–H and O–H groups in total. The Morgan fingerprint density at radius 2 is 2.05 bits per heavy atom. The van der Waals surface area contributed by atoms with E-state index in [1.165, 1.54) is 5.56 Å². The van der Waals surface area contributed by atoms with Crippen LogP contribution in [0.2, 0.25) is 0 Å². The minimum atomic E-state index is -0.194. The molecule has 0 atom stereocenters. The maximum atomic E-state index is 11.7. The summed E-state index contributed by atoms with van der Waals surface area (Å²) in [6.07, 6.45) is 0. The third-order valence-corrected chi connectivity index (χ3v) is 3.94. The fraction of sp³-hybridized carbons (Fsp3) is 0.562. The lowest BCUT2D eigenvalue weighted by Gasteiger charge is -2.27. The van der Waals surface area contributed by atoms with Crippen molar-refractivity contribution < 1.29 is 9.53 Å². The summed E-state index contributed by atoms with van der Waals surface area (Å²) >= 11 is 0. The monoisotopic (exact) mass is 306 g/mol. The minimum absolute atomic E-state index is 0.170. The van der Waals surface area contributed by atoms with Crippen LogP contribution >= 0.6 is 0 Å². The van der Waals surface area contributed by atoms with E-state index in [1.54, 1.807) is 0 Å². The fourth-order valence-corrected chi connectivity index (χ4v) is 2.38.